The zero-order chi connectivity index (χ0) is 8.31. The zero-order valence-electron chi connectivity index (χ0n) is 6.71. The second-order valence-electron chi connectivity index (χ2n) is 2.26. The van der Waals surface area contributed by atoms with Crippen LogP contribution >= 0.6 is 0 Å². The van der Waals surface area contributed by atoms with E-state index in [1.54, 1.807) is 0 Å². The SMILES string of the molecule is CC(=O)C(C(C)=O)C(C)=O.[Sm]. The van der Waals surface area contributed by atoms with E-state index >= 15 is 0 Å². The summed E-state index contributed by atoms with van der Waals surface area (Å²) in [6.07, 6.45) is 0. The van der Waals surface area contributed by atoms with Gasteiger partial charge in [0, 0.05) is 40.4 Å². The molecule has 0 saturated carbocycles. The first-order valence-electron chi connectivity index (χ1n) is 2.98. The molecule has 0 atom stereocenters. The fraction of sp³-hybridized carbons (Fsp3) is 0.571. The Balaban J connectivity index is 0. The summed E-state index contributed by atoms with van der Waals surface area (Å²) in [4.78, 5) is 31.8. The number of carbonyl (C=O) groups is 3. The summed E-state index contributed by atoms with van der Waals surface area (Å²) in [5.74, 6) is -2.15. The molecule has 0 aliphatic heterocycles. The molecule has 0 amide bonds. The van der Waals surface area contributed by atoms with Gasteiger partial charge in [0.2, 0.25) is 0 Å². The number of ketones is 3. The minimum atomic E-state index is -1.03. The Morgan fingerprint density at radius 2 is 1.00 bits per heavy atom. The summed E-state index contributed by atoms with van der Waals surface area (Å²) in [7, 11) is 0. The van der Waals surface area contributed by atoms with E-state index in [0.717, 1.165) is 0 Å². The van der Waals surface area contributed by atoms with E-state index in [1.807, 2.05) is 0 Å². The van der Waals surface area contributed by atoms with Crippen LogP contribution in [-0.2, 0) is 14.4 Å². The fourth-order valence-electron chi connectivity index (χ4n) is 0.859. The Morgan fingerprint density at radius 3 is 1.00 bits per heavy atom. The number of hydrogen-bond donors (Lipinski definition) is 0. The van der Waals surface area contributed by atoms with Gasteiger partial charge in [-0.25, -0.2) is 0 Å². The molecule has 0 unspecified atom stereocenters. The van der Waals surface area contributed by atoms with Crippen LogP contribution in [0.25, 0.3) is 0 Å². The van der Waals surface area contributed by atoms with E-state index in [4.69, 9.17) is 0 Å². The molecule has 0 radical (unpaired) electrons. The molecule has 11 heavy (non-hydrogen) atoms. The molecule has 0 aliphatic carbocycles. The van der Waals surface area contributed by atoms with Gasteiger partial charge in [-0.05, 0) is 20.8 Å². The van der Waals surface area contributed by atoms with Crippen molar-refractivity contribution in [2.24, 2.45) is 5.92 Å². The summed E-state index contributed by atoms with van der Waals surface area (Å²) in [5.41, 5.74) is 0. The van der Waals surface area contributed by atoms with Gasteiger partial charge < -0.3 is 0 Å². The molecule has 0 aromatic carbocycles. The maximum Gasteiger partial charge on any atom is 0.147 e. The molecule has 0 rings (SSSR count). The molecule has 0 heterocycles. The average Bonchev–Trinajstić information content (AvgIpc) is 1.59. The van der Waals surface area contributed by atoms with Gasteiger partial charge in [-0.1, -0.05) is 0 Å². The maximum absolute atomic E-state index is 10.6. The van der Waals surface area contributed by atoms with Gasteiger partial charge in [-0.2, -0.15) is 0 Å². The van der Waals surface area contributed by atoms with Gasteiger partial charge in [0.25, 0.3) is 0 Å². The molecule has 0 aromatic heterocycles. The molecule has 0 saturated heterocycles. The van der Waals surface area contributed by atoms with Gasteiger partial charge in [0.05, 0.1) is 0 Å². The molecule has 0 aromatic rings. The first-order valence-corrected chi connectivity index (χ1v) is 2.98. The molecule has 4 heteroatoms. The minimum absolute atomic E-state index is 0. The molecule has 0 N–H and O–H groups in total. The van der Waals surface area contributed by atoms with E-state index in [9.17, 15) is 14.4 Å². The van der Waals surface area contributed by atoms with Crippen molar-refractivity contribution >= 4 is 17.3 Å². The van der Waals surface area contributed by atoms with Gasteiger partial charge >= 0.3 is 0 Å². The summed E-state index contributed by atoms with van der Waals surface area (Å²) < 4.78 is 0. The first-order chi connectivity index (χ1) is 4.46. The summed E-state index contributed by atoms with van der Waals surface area (Å²) >= 11 is 0. The van der Waals surface area contributed by atoms with Crippen LogP contribution in [0.1, 0.15) is 20.8 Å². The molecule has 0 bridgehead atoms. The van der Waals surface area contributed by atoms with Crippen molar-refractivity contribution in [3.05, 3.63) is 0 Å². The Kier molecular flexibility index (Phi) is 7.50. The largest absolute Gasteiger partial charge is 0.299 e. The van der Waals surface area contributed by atoms with Crippen LogP contribution in [0, 0.1) is 46.3 Å². The van der Waals surface area contributed by atoms with E-state index < -0.39 is 5.92 Å². The standard InChI is InChI=1S/C7H10O3.Sm/c1-4(8)7(5(2)9)6(3)10;/h7H,1-3H3;. The summed E-state index contributed by atoms with van der Waals surface area (Å²) in [6, 6.07) is 0. The molecular weight excluding hydrogens is 282 g/mol. The van der Waals surface area contributed by atoms with Crippen molar-refractivity contribution in [1.82, 2.24) is 0 Å². The van der Waals surface area contributed by atoms with Gasteiger partial charge in [-0.15, -0.1) is 0 Å². The third-order valence-corrected chi connectivity index (χ3v) is 1.22. The quantitative estimate of drug-likeness (QED) is 0.706. The minimum Gasteiger partial charge on any atom is -0.299 e. The topological polar surface area (TPSA) is 51.2 Å². The van der Waals surface area contributed by atoms with Gasteiger partial charge in [-0.3, -0.25) is 14.4 Å². The van der Waals surface area contributed by atoms with Crippen LogP contribution < -0.4 is 0 Å². The predicted molar refractivity (Wildman–Crippen MR) is 35.5 cm³/mol. The summed E-state index contributed by atoms with van der Waals surface area (Å²) in [5, 5.41) is 0. The molecule has 62 valence electrons. The monoisotopic (exact) mass is 294 g/mol. The fourth-order valence-corrected chi connectivity index (χ4v) is 0.859. The molecule has 0 fully saturated rings. The van der Waals surface area contributed by atoms with Gasteiger partial charge in [0.15, 0.2) is 0 Å². The van der Waals surface area contributed by atoms with Crippen LogP contribution in [0.2, 0.25) is 0 Å². The predicted octanol–water partition coefficient (Wildman–Crippen LogP) is 0.370. The van der Waals surface area contributed by atoms with Crippen LogP contribution in [0.15, 0.2) is 0 Å². The second kappa shape index (κ2) is 5.93. The van der Waals surface area contributed by atoms with Crippen molar-refractivity contribution in [3.63, 3.8) is 0 Å². The Labute approximate surface area is 98.0 Å². The van der Waals surface area contributed by atoms with Crippen LogP contribution in [0.4, 0.5) is 0 Å². The Morgan fingerprint density at radius 1 is 0.818 bits per heavy atom. The molecular formula is C7H10O3Sm. The Bertz CT molecular complexity index is 153. The zero-order valence-corrected chi connectivity index (χ0v) is 9.33. The first kappa shape index (κ1) is 13.9. The van der Waals surface area contributed by atoms with Crippen molar-refractivity contribution < 1.29 is 54.8 Å². The number of rotatable bonds is 3. The van der Waals surface area contributed by atoms with E-state index in [-0.39, 0.29) is 57.7 Å². The molecule has 3 nitrogen and oxygen atoms in total. The third kappa shape index (κ3) is 4.73. The van der Waals surface area contributed by atoms with E-state index in [1.165, 1.54) is 20.8 Å². The molecule has 0 aliphatic rings. The van der Waals surface area contributed by atoms with Crippen LogP contribution in [0.5, 0.6) is 0 Å². The van der Waals surface area contributed by atoms with E-state index in [0.29, 0.717) is 0 Å². The number of Topliss-reactive ketones (excluding diaryl/α,β-unsaturated/α-hetero) is 3. The van der Waals surface area contributed by atoms with Crippen molar-refractivity contribution in [2.45, 2.75) is 20.8 Å². The maximum atomic E-state index is 10.6. The smallest absolute Gasteiger partial charge is 0.147 e. The van der Waals surface area contributed by atoms with Crippen molar-refractivity contribution in [2.75, 3.05) is 0 Å². The van der Waals surface area contributed by atoms with E-state index in [2.05, 4.69) is 0 Å². The van der Waals surface area contributed by atoms with Crippen LogP contribution in [-0.4, -0.2) is 17.3 Å². The average molecular weight is 293 g/mol. The number of carbonyl (C=O) groups excluding carboxylic acids is 3. The molecule has 0 spiro atoms. The number of hydrogen-bond acceptors (Lipinski definition) is 3. The second-order valence-corrected chi connectivity index (χ2v) is 2.26. The van der Waals surface area contributed by atoms with Gasteiger partial charge in [0.1, 0.15) is 23.3 Å². The van der Waals surface area contributed by atoms with Crippen LogP contribution in [0.3, 0.4) is 0 Å². The normalized spacial score (nSPS) is 8.73. The van der Waals surface area contributed by atoms with Crippen molar-refractivity contribution in [1.29, 1.82) is 0 Å². The van der Waals surface area contributed by atoms with Crippen molar-refractivity contribution in [3.8, 4) is 0 Å². The third-order valence-electron chi connectivity index (χ3n) is 1.22. The Hall–Kier alpha value is 0.348. The summed E-state index contributed by atoms with van der Waals surface area (Å²) in [6.45, 7) is 3.73.